The van der Waals surface area contributed by atoms with Gasteiger partial charge >= 0.3 is 0 Å². The van der Waals surface area contributed by atoms with E-state index in [2.05, 4.69) is 16.7 Å². The Morgan fingerprint density at radius 1 is 1.20 bits per heavy atom. The molecule has 2 aliphatic rings. The summed E-state index contributed by atoms with van der Waals surface area (Å²) in [6.07, 6.45) is 5.02. The number of carbonyl (C=O) groups excluding carboxylic acids is 1. The summed E-state index contributed by atoms with van der Waals surface area (Å²) in [4.78, 5) is 17.6. The number of piperidine rings is 2. The Kier molecular flexibility index (Phi) is 6.49. The third kappa shape index (κ3) is 5.05. The number of benzene rings is 1. The molecule has 3 rings (SSSR count). The van der Waals surface area contributed by atoms with Gasteiger partial charge in [0.2, 0.25) is 0 Å². The van der Waals surface area contributed by atoms with Crippen molar-refractivity contribution in [3.05, 3.63) is 35.4 Å². The van der Waals surface area contributed by atoms with Crippen LogP contribution in [0.5, 0.6) is 0 Å². The molecule has 0 bridgehead atoms. The molecule has 0 spiro atoms. The Labute approximate surface area is 152 Å². The van der Waals surface area contributed by atoms with Crippen LogP contribution in [0.25, 0.3) is 0 Å². The average molecular weight is 344 g/mol. The van der Waals surface area contributed by atoms with Crippen molar-refractivity contribution >= 4 is 5.91 Å². The second-order valence-electron chi connectivity index (χ2n) is 7.88. The smallest absolute Gasteiger partial charge is 0.253 e. The first-order valence-corrected chi connectivity index (χ1v) is 9.75. The lowest BCUT2D eigenvalue weighted by Crippen LogP contribution is -2.45. The van der Waals surface area contributed by atoms with Crippen LogP contribution in [0.1, 0.15) is 48.5 Å². The number of amides is 1. The molecular formula is C21H32N2O2. The molecule has 1 aromatic rings. The Morgan fingerprint density at radius 3 is 2.76 bits per heavy atom. The van der Waals surface area contributed by atoms with Crippen LogP contribution in [-0.2, 0) is 11.3 Å². The summed E-state index contributed by atoms with van der Waals surface area (Å²) in [5.74, 6) is 1.67. The Balaban J connectivity index is 1.57. The molecule has 0 unspecified atom stereocenters. The molecule has 1 amide bonds. The van der Waals surface area contributed by atoms with Crippen LogP contribution in [0.4, 0.5) is 0 Å². The quantitative estimate of drug-likeness (QED) is 0.820. The molecule has 25 heavy (non-hydrogen) atoms. The van der Waals surface area contributed by atoms with Crippen molar-refractivity contribution in [2.45, 2.75) is 39.2 Å². The summed E-state index contributed by atoms with van der Waals surface area (Å²) in [6.45, 7) is 8.31. The summed E-state index contributed by atoms with van der Waals surface area (Å²) in [6, 6.07) is 7.87. The van der Waals surface area contributed by atoms with Crippen molar-refractivity contribution in [2.75, 3.05) is 39.8 Å². The van der Waals surface area contributed by atoms with E-state index >= 15 is 0 Å². The molecule has 0 aromatic heterocycles. The average Bonchev–Trinajstić information content (AvgIpc) is 2.64. The molecule has 4 heteroatoms. The minimum absolute atomic E-state index is 0.176. The van der Waals surface area contributed by atoms with Gasteiger partial charge in [0.15, 0.2) is 0 Å². The molecule has 138 valence electrons. The Bertz CT molecular complexity index is 567. The number of rotatable bonds is 5. The summed E-state index contributed by atoms with van der Waals surface area (Å²) >= 11 is 0. The third-order valence-corrected chi connectivity index (χ3v) is 5.68. The van der Waals surface area contributed by atoms with E-state index in [1.807, 2.05) is 24.3 Å². The van der Waals surface area contributed by atoms with Gasteiger partial charge in [0.1, 0.15) is 0 Å². The number of hydrogen-bond acceptors (Lipinski definition) is 3. The molecule has 0 N–H and O–H groups in total. The van der Waals surface area contributed by atoms with Crippen LogP contribution in [-0.4, -0.2) is 55.5 Å². The maximum absolute atomic E-state index is 12.9. The number of nitrogens with zero attached hydrogens (tertiary/aromatic N) is 2. The lowest BCUT2D eigenvalue weighted by atomic mass is 9.94. The van der Waals surface area contributed by atoms with Crippen molar-refractivity contribution in [3.63, 3.8) is 0 Å². The molecule has 2 heterocycles. The van der Waals surface area contributed by atoms with Gasteiger partial charge in [0, 0.05) is 32.3 Å². The first-order valence-electron chi connectivity index (χ1n) is 9.75. The molecule has 1 atom stereocenters. The first-order chi connectivity index (χ1) is 12.2. The van der Waals surface area contributed by atoms with E-state index < -0.39 is 0 Å². The summed E-state index contributed by atoms with van der Waals surface area (Å²) in [5, 5.41) is 0. The van der Waals surface area contributed by atoms with Crippen molar-refractivity contribution in [2.24, 2.45) is 11.8 Å². The fraction of sp³-hybridized carbons (Fsp3) is 0.667. The highest BCUT2D eigenvalue weighted by molar-refractivity contribution is 5.94. The van der Waals surface area contributed by atoms with Gasteiger partial charge < -0.3 is 14.5 Å². The molecule has 4 nitrogen and oxygen atoms in total. The highest BCUT2D eigenvalue weighted by Crippen LogP contribution is 2.23. The number of ether oxygens (including phenoxy) is 1. The molecule has 2 saturated heterocycles. The number of carbonyl (C=O) groups is 1. The van der Waals surface area contributed by atoms with Crippen molar-refractivity contribution in [1.82, 2.24) is 9.80 Å². The van der Waals surface area contributed by atoms with Crippen LogP contribution < -0.4 is 0 Å². The van der Waals surface area contributed by atoms with Crippen LogP contribution in [0.3, 0.4) is 0 Å². The number of hydrogen-bond donors (Lipinski definition) is 0. The SMILES string of the molecule is COCc1cccc(C(=O)N2CCC[C@@H](CN3CCC(C)CC3)C2)c1. The second-order valence-corrected chi connectivity index (χ2v) is 7.88. The van der Waals surface area contributed by atoms with E-state index in [1.54, 1.807) is 7.11 Å². The fourth-order valence-corrected chi connectivity index (χ4v) is 4.15. The lowest BCUT2D eigenvalue weighted by molar-refractivity contribution is 0.0622. The largest absolute Gasteiger partial charge is 0.380 e. The van der Waals surface area contributed by atoms with Gasteiger partial charge in [0.25, 0.3) is 5.91 Å². The highest BCUT2D eigenvalue weighted by Gasteiger charge is 2.27. The van der Waals surface area contributed by atoms with Gasteiger partial charge in [-0.05, 0) is 68.3 Å². The molecule has 1 aromatic carbocycles. The van der Waals surface area contributed by atoms with Gasteiger partial charge in [-0.25, -0.2) is 0 Å². The minimum atomic E-state index is 0.176. The van der Waals surface area contributed by atoms with Crippen molar-refractivity contribution in [3.8, 4) is 0 Å². The summed E-state index contributed by atoms with van der Waals surface area (Å²) in [5.41, 5.74) is 1.85. The number of likely N-dealkylation sites (tertiary alicyclic amines) is 2. The number of methoxy groups -OCH3 is 1. The van der Waals surface area contributed by atoms with Crippen molar-refractivity contribution < 1.29 is 9.53 Å². The summed E-state index contributed by atoms with van der Waals surface area (Å²) < 4.78 is 5.19. The Morgan fingerprint density at radius 2 is 2.00 bits per heavy atom. The highest BCUT2D eigenvalue weighted by atomic mass is 16.5. The van der Waals surface area contributed by atoms with E-state index in [1.165, 1.54) is 32.4 Å². The van der Waals surface area contributed by atoms with E-state index in [0.29, 0.717) is 12.5 Å². The van der Waals surface area contributed by atoms with Crippen LogP contribution in [0, 0.1) is 11.8 Å². The van der Waals surface area contributed by atoms with E-state index in [4.69, 9.17) is 4.74 Å². The third-order valence-electron chi connectivity index (χ3n) is 5.68. The first kappa shape index (κ1) is 18.4. The predicted molar refractivity (Wildman–Crippen MR) is 101 cm³/mol. The maximum Gasteiger partial charge on any atom is 0.253 e. The van der Waals surface area contributed by atoms with E-state index in [0.717, 1.165) is 43.1 Å². The van der Waals surface area contributed by atoms with Crippen LogP contribution in [0.15, 0.2) is 24.3 Å². The maximum atomic E-state index is 12.9. The van der Waals surface area contributed by atoms with E-state index in [-0.39, 0.29) is 5.91 Å². The molecular weight excluding hydrogens is 312 g/mol. The van der Waals surface area contributed by atoms with Crippen molar-refractivity contribution in [1.29, 1.82) is 0 Å². The summed E-state index contributed by atoms with van der Waals surface area (Å²) in [7, 11) is 1.69. The predicted octanol–water partition coefficient (Wildman–Crippen LogP) is 3.42. The molecule has 0 saturated carbocycles. The van der Waals surface area contributed by atoms with Gasteiger partial charge in [-0.15, -0.1) is 0 Å². The standard InChI is InChI=1S/C21H32N2O2/c1-17-8-11-22(12-9-17)14-19-6-4-10-23(15-19)21(24)20-7-3-5-18(13-20)16-25-2/h3,5,7,13,17,19H,4,6,8-12,14-16H2,1-2H3/t19-/m0/s1. The monoisotopic (exact) mass is 344 g/mol. The second kappa shape index (κ2) is 8.81. The zero-order valence-electron chi connectivity index (χ0n) is 15.7. The van der Waals surface area contributed by atoms with Gasteiger partial charge in [-0.3, -0.25) is 4.79 Å². The molecule has 2 aliphatic heterocycles. The Hall–Kier alpha value is -1.39. The zero-order chi connectivity index (χ0) is 17.6. The van der Waals surface area contributed by atoms with Crippen LogP contribution >= 0.6 is 0 Å². The fourth-order valence-electron chi connectivity index (χ4n) is 4.15. The minimum Gasteiger partial charge on any atom is -0.380 e. The normalized spacial score (nSPS) is 23.0. The van der Waals surface area contributed by atoms with Gasteiger partial charge in [0.05, 0.1) is 6.61 Å². The van der Waals surface area contributed by atoms with E-state index in [9.17, 15) is 4.79 Å². The lowest BCUT2D eigenvalue weighted by Gasteiger charge is -2.38. The molecule has 0 radical (unpaired) electrons. The van der Waals surface area contributed by atoms with Crippen LogP contribution in [0.2, 0.25) is 0 Å². The molecule has 0 aliphatic carbocycles. The zero-order valence-corrected chi connectivity index (χ0v) is 15.7. The topological polar surface area (TPSA) is 32.8 Å². The van der Waals surface area contributed by atoms with Gasteiger partial charge in [-0.1, -0.05) is 19.1 Å². The van der Waals surface area contributed by atoms with Gasteiger partial charge in [-0.2, -0.15) is 0 Å². The molecule has 2 fully saturated rings.